The molecule has 2 N–H and O–H groups in total. The van der Waals surface area contributed by atoms with Gasteiger partial charge in [-0.25, -0.2) is 14.4 Å². The lowest BCUT2D eigenvalue weighted by molar-refractivity contribution is 0.461. The number of para-hydroxylation sites is 1. The molecule has 3 rings (SSSR count). The summed E-state index contributed by atoms with van der Waals surface area (Å²) in [5.41, 5.74) is 2.23. The molecule has 0 amide bonds. The monoisotopic (exact) mass is 443 g/mol. The molecular weight excluding hydrogens is 401 g/mol. The van der Waals surface area contributed by atoms with E-state index in [1.807, 2.05) is 13.0 Å². The topological polar surface area (TPSA) is 62.2 Å². The normalized spacial score (nSPS) is 13.5. The van der Waals surface area contributed by atoms with Crippen LogP contribution in [-0.4, -0.2) is 29.3 Å². The zero-order valence-corrected chi connectivity index (χ0v) is 20.8. The van der Waals surface area contributed by atoms with Crippen molar-refractivity contribution < 1.29 is 4.39 Å². The van der Waals surface area contributed by atoms with Crippen LogP contribution in [0.1, 0.15) is 72.4 Å². The Labute approximate surface area is 194 Å². The van der Waals surface area contributed by atoms with Crippen molar-refractivity contribution in [3.8, 4) is 0 Å². The second kappa shape index (κ2) is 15.3. The lowest BCUT2D eigenvalue weighted by Gasteiger charge is -2.22. The Kier molecular flexibility index (Phi) is 13.2. The van der Waals surface area contributed by atoms with E-state index in [0.29, 0.717) is 17.6 Å². The van der Waals surface area contributed by atoms with Crippen molar-refractivity contribution >= 4 is 24.0 Å². The number of aryl methyl sites for hydroxylation is 1. The van der Waals surface area contributed by atoms with Crippen LogP contribution in [0, 0.1) is 24.6 Å². The van der Waals surface area contributed by atoms with Crippen LogP contribution in [-0.2, 0) is 0 Å². The van der Waals surface area contributed by atoms with Crippen molar-refractivity contribution in [1.29, 1.82) is 0 Å². The highest BCUT2D eigenvalue weighted by Gasteiger charge is 2.14. The lowest BCUT2D eigenvalue weighted by Crippen LogP contribution is -2.23. The van der Waals surface area contributed by atoms with E-state index < -0.39 is 0 Å². The predicted octanol–water partition coefficient (Wildman–Crippen LogP) is 7.42. The molecule has 1 saturated carbocycles. The second-order valence-electron chi connectivity index (χ2n) is 9.29. The number of aromatic nitrogens is 2. The third-order valence-corrected chi connectivity index (χ3v) is 4.64. The molecule has 0 aliphatic heterocycles. The highest BCUT2D eigenvalue weighted by atomic mass is 19.1. The van der Waals surface area contributed by atoms with Gasteiger partial charge in [0, 0.05) is 12.6 Å². The first kappa shape index (κ1) is 27.5. The van der Waals surface area contributed by atoms with Crippen LogP contribution in [0.4, 0.5) is 21.7 Å². The highest BCUT2D eigenvalue weighted by molar-refractivity contribution is 5.48. The Bertz CT molecular complexity index is 783. The number of rotatable bonds is 6. The highest BCUT2D eigenvalue weighted by Crippen LogP contribution is 2.21. The first-order valence-electron chi connectivity index (χ1n) is 11.8. The lowest BCUT2D eigenvalue weighted by atomic mass is 9.96. The maximum atomic E-state index is 13.0. The molecular formula is C26H42FN5. The molecule has 1 aromatic heterocycles. The molecule has 1 aliphatic rings. The Hall–Kier alpha value is -2.50. The fraction of sp³-hybridized carbons (Fsp3) is 0.577. The van der Waals surface area contributed by atoms with Gasteiger partial charge in [-0.1, -0.05) is 66.0 Å². The van der Waals surface area contributed by atoms with Crippen LogP contribution in [0.2, 0.25) is 0 Å². The quantitative estimate of drug-likeness (QED) is 0.456. The van der Waals surface area contributed by atoms with Gasteiger partial charge in [0.2, 0.25) is 5.95 Å². The predicted molar refractivity (Wildman–Crippen MR) is 137 cm³/mol. The Morgan fingerprint density at radius 1 is 1.09 bits per heavy atom. The molecule has 5 nitrogen and oxygen atoms in total. The molecule has 1 aromatic carbocycles. The molecule has 1 fully saturated rings. The number of aliphatic imine (C=N–C) groups is 1. The van der Waals surface area contributed by atoms with E-state index in [0.717, 1.165) is 29.8 Å². The fourth-order valence-electron chi connectivity index (χ4n) is 3.03. The number of nitrogens with one attached hydrogen (secondary N) is 2. The Morgan fingerprint density at radius 3 is 2.25 bits per heavy atom. The molecule has 1 heterocycles. The molecule has 1 aliphatic carbocycles. The van der Waals surface area contributed by atoms with Gasteiger partial charge >= 0.3 is 0 Å². The summed E-state index contributed by atoms with van der Waals surface area (Å²) in [4.78, 5) is 12.5. The van der Waals surface area contributed by atoms with Gasteiger partial charge in [0.15, 0.2) is 0 Å². The fourth-order valence-corrected chi connectivity index (χ4v) is 3.03. The van der Waals surface area contributed by atoms with Crippen LogP contribution in [0.3, 0.4) is 0 Å². The van der Waals surface area contributed by atoms with Gasteiger partial charge < -0.3 is 10.6 Å². The summed E-state index contributed by atoms with van der Waals surface area (Å²) in [6.07, 6.45) is 8.15. The molecule has 6 heteroatoms. The summed E-state index contributed by atoms with van der Waals surface area (Å²) in [7, 11) is 0. The largest absolute Gasteiger partial charge is 0.382 e. The van der Waals surface area contributed by atoms with Gasteiger partial charge in [-0.3, -0.25) is 4.99 Å². The zero-order valence-electron chi connectivity index (χ0n) is 20.8. The van der Waals surface area contributed by atoms with Crippen LogP contribution < -0.4 is 10.6 Å². The summed E-state index contributed by atoms with van der Waals surface area (Å²) in [5, 5.41) is 6.43. The molecule has 32 heavy (non-hydrogen) atoms. The van der Waals surface area contributed by atoms with Crippen LogP contribution in [0.5, 0.6) is 0 Å². The summed E-state index contributed by atoms with van der Waals surface area (Å²) >= 11 is 0. The first-order valence-corrected chi connectivity index (χ1v) is 11.8. The number of benzene rings is 1. The zero-order chi connectivity index (χ0) is 23.9. The van der Waals surface area contributed by atoms with Crippen LogP contribution >= 0.6 is 0 Å². The minimum Gasteiger partial charge on any atom is -0.382 e. The first-order chi connectivity index (χ1) is 15.2. The average molecular weight is 444 g/mol. The van der Waals surface area contributed by atoms with E-state index in [-0.39, 0.29) is 5.82 Å². The van der Waals surface area contributed by atoms with E-state index >= 15 is 0 Å². The Balaban J connectivity index is 0.000000283. The minimum atomic E-state index is -0.182. The number of hydrogen-bond donors (Lipinski definition) is 2. The summed E-state index contributed by atoms with van der Waals surface area (Å²) in [6.45, 7) is 16.9. The molecule has 178 valence electrons. The molecule has 2 aromatic rings. The van der Waals surface area contributed by atoms with E-state index in [1.54, 1.807) is 18.3 Å². The van der Waals surface area contributed by atoms with Gasteiger partial charge in [0.05, 0.1) is 17.6 Å². The van der Waals surface area contributed by atoms with E-state index in [9.17, 15) is 4.39 Å². The SMILES string of the molecule is C=Nc1cnc(NC2CCCCC2)nc1C.CC(C)C.CC(C)CNc1ccccc1F. The molecule has 0 unspecified atom stereocenters. The van der Waals surface area contributed by atoms with Crippen molar-refractivity contribution in [3.05, 3.63) is 42.0 Å². The van der Waals surface area contributed by atoms with Crippen molar-refractivity contribution in [2.24, 2.45) is 16.8 Å². The van der Waals surface area contributed by atoms with Crippen molar-refractivity contribution in [3.63, 3.8) is 0 Å². The molecule has 0 saturated heterocycles. The van der Waals surface area contributed by atoms with E-state index in [4.69, 9.17) is 0 Å². The van der Waals surface area contributed by atoms with E-state index in [2.05, 4.69) is 66.9 Å². The summed E-state index contributed by atoms with van der Waals surface area (Å²) < 4.78 is 13.0. The average Bonchev–Trinajstić information content (AvgIpc) is 2.74. The third kappa shape index (κ3) is 11.8. The number of halogens is 1. The summed E-state index contributed by atoms with van der Waals surface area (Å²) in [5.74, 6) is 1.90. The second-order valence-corrected chi connectivity index (χ2v) is 9.29. The van der Waals surface area contributed by atoms with Gasteiger partial charge in [0.25, 0.3) is 0 Å². The standard InChI is InChI=1S/C12H18N4.C10H14FN.C4H10/c1-9-11(13-2)8-14-12(15-9)16-10-6-4-3-5-7-10;1-8(2)7-12-10-6-4-3-5-9(10)11;1-4(2)3/h8,10H,2-7H2,1H3,(H,14,15,16);3-6,8,12H,7H2,1-2H3;4H,1-3H3. The van der Waals surface area contributed by atoms with Crippen molar-refractivity contribution in [2.75, 3.05) is 17.2 Å². The molecule has 0 radical (unpaired) electrons. The number of hydrogen-bond acceptors (Lipinski definition) is 5. The van der Waals surface area contributed by atoms with Crippen molar-refractivity contribution in [1.82, 2.24) is 9.97 Å². The van der Waals surface area contributed by atoms with Crippen LogP contribution in [0.15, 0.2) is 35.5 Å². The van der Waals surface area contributed by atoms with Gasteiger partial charge in [-0.15, -0.1) is 0 Å². The van der Waals surface area contributed by atoms with E-state index in [1.165, 1.54) is 38.2 Å². The minimum absolute atomic E-state index is 0.182. The molecule has 0 spiro atoms. The number of anilines is 2. The molecule has 0 bridgehead atoms. The van der Waals surface area contributed by atoms with Gasteiger partial charge in [-0.05, 0) is 50.5 Å². The van der Waals surface area contributed by atoms with Gasteiger partial charge in [-0.2, -0.15) is 0 Å². The maximum Gasteiger partial charge on any atom is 0.223 e. The van der Waals surface area contributed by atoms with Crippen molar-refractivity contribution in [2.45, 2.75) is 79.7 Å². The Morgan fingerprint density at radius 2 is 1.72 bits per heavy atom. The van der Waals surface area contributed by atoms with Crippen LogP contribution in [0.25, 0.3) is 0 Å². The maximum absolute atomic E-state index is 13.0. The number of nitrogens with zero attached hydrogens (tertiary/aromatic N) is 3. The third-order valence-electron chi connectivity index (χ3n) is 4.64. The smallest absolute Gasteiger partial charge is 0.223 e. The van der Waals surface area contributed by atoms with Gasteiger partial charge in [0.1, 0.15) is 11.5 Å². The molecule has 0 atom stereocenters. The summed E-state index contributed by atoms with van der Waals surface area (Å²) in [6, 6.07) is 7.26.